The number of para-hydroxylation sites is 1. The van der Waals surface area contributed by atoms with E-state index in [1.54, 1.807) is 29.2 Å². The van der Waals surface area contributed by atoms with Crippen molar-refractivity contribution in [2.45, 2.75) is 25.3 Å². The summed E-state index contributed by atoms with van der Waals surface area (Å²) in [6, 6.07) is 11.7. The van der Waals surface area contributed by atoms with Gasteiger partial charge in [-0.2, -0.15) is 0 Å². The summed E-state index contributed by atoms with van der Waals surface area (Å²) in [5.41, 5.74) is 0.673. The number of carboxylic acids is 1. The number of hydrogen-bond donors (Lipinski definition) is 3. The van der Waals surface area contributed by atoms with Crippen molar-refractivity contribution in [1.82, 2.24) is 4.90 Å². The molecule has 0 aliphatic carbocycles. The van der Waals surface area contributed by atoms with Crippen LogP contribution in [0, 0.1) is 0 Å². The molecule has 3 N–H and O–H groups in total. The number of urea groups is 1. The Morgan fingerprint density at radius 3 is 2.62 bits per heavy atom. The van der Waals surface area contributed by atoms with Crippen LogP contribution in [0.3, 0.4) is 0 Å². The summed E-state index contributed by atoms with van der Waals surface area (Å²) < 4.78 is 0. The minimum absolute atomic E-state index is 0.0400. The number of aliphatic carboxylic acids is 1. The van der Waals surface area contributed by atoms with E-state index in [2.05, 4.69) is 10.6 Å². The lowest BCUT2D eigenvalue weighted by atomic mass is 10.1. The van der Waals surface area contributed by atoms with E-state index in [9.17, 15) is 14.4 Å². The van der Waals surface area contributed by atoms with Crippen LogP contribution in [0.2, 0.25) is 0 Å². The van der Waals surface area contributed by atoms with Crippen LogP contribution in [-0.4, -0.2) is 40.5 Å². The van der Waals surface area contributed by atoms with Crippen LogP contribution in [0.4, 0.5) is 15.5 Å². The Morgan fingerprint density at radius 1 is 1.12 bits per heavy atom. The van der Waals surface area contributed by atoms with E-state index < -0.39 is 5.97 Å². The Bertz CT molecular complexity index is 806. The predicted octanol–water partition coefficient (Wildman–Crippen LogP) is 3.47. The highest BCUT2D eigenvalue weighted by molar-refractivity contribution is 7.18. The third kappa shape index (κ3) is 4.40. The van der Waals surface area contributed by atoms with Crippen LogP contribution in [0.5, 0.6) is 0 Å². The molecule has 0 saturated carbocycles. The zero-order valence-electron chi connectivity index (χ0n) is 14.0. The fourth-order valence-corrected chi connectivity index (χ4v) is 3.83. The molecule has 3 amide bonds. The summed E-state index contributed by atoms with van der Waals surface area (Å²) in [5.74, 6) is -1.09. The van der Waals surface area contributed by atoms with E-state index in [0.29, 0.717) is 28.5 Å². The number of carboxylic acid groups (broad SMARTS) is 1. The molecule has 0 spiro atoms. The molecule has 7 nitrogen and oxygen atoms in total. The molecule has 2 heterocycles. The lowest BCUT2D eigenvalue weighted by Gasteiger charge is -2.22. The summed E-state index contributed by atoms with van der Waals surface area (Å²) >= 11 is 1.18. The zero-order chi connectivity index (χ0) is 18.5. The van der Waals surface area contributed by atoms with Gasteiger partial charge in [-0.1, -0.05) is 18.2 Å². The van der Waals surface area contributed by atoms with Crippen LogP contribution < -0.4 is 10.6 Å². The summed E-state index contributed by atoms with van der Waals surface area (Å²) in [7, 11) is 0. The van der Waals surface area contributed by atoms with Gasteiger partial charge in [0.2, 0.25) is 0 Å². The van der Waals surface area contributed by atoms with Crippen LogP contribution in [0.25, 0.3) is 0 Å². The summed E-state index contributed by atoms with van der Waals surface area (Å²) in [5, 5.41) is 14.9. The number of carbonyl (C=O) groups is 3. The first-order valence-electron chi connectivity index (χ1n) is 8.28. The van der Waals surface area contributed by atoms with Crippen molar-refractivity contribution in [3.63, 3.8) is 0 Å². The fourth-order valence-electron chi connectivity index (χ4n) is 2.97. The van der Waals surface area contributed by atoms with Crippen molar-refractivity contribution in [3.05, 3.63) is 47.3 Å². The number of carbonyl (C=O) groups excluding carboxylic acids is 2. The van der Waals surface area contributed by atoms with E-state index in [1.807, 2.05) is 18.2 Å². The first-order chi connectivity index (χ1) is 12.5. The van der Waals surface area contributed by atoms with Gasteiger partial charge in [0.15, 0.2) is 0 Å². The number of rotatable bonds is 5. The quantitative estimate of drug-likeness (QED) is 0.747. The largest absolute Gasteiger partial charge is 0.481 e. The van der Waals surface area contributed by atoms with Crippen molar-refractivity contribution >= 4 is 39.9 Å². The van der Waals surface area contributed by atoms with Crippen LogP contribution >= 0.6 is 11.3 Å². The third-order valence-corrected chi connectivity index (χ3v) is 5.12. The molecule has 0 radical (unpaired) electrons. The maximum Gasteiger partial charge on any atom is 0.324 e. The highest BCUT2D eigenvalue weighted by atomic mass is 32.1. The molecule has 3 rings (SSSR count). The molecule has 1 unspecified atom stereocenters. The predicted molar refractivity (Wildman–Crippen MR) is 99.7 cm³/mol. The Labute approximate surface area is 154 Å². The van der Waals surface area contributed by atoms with Gasteiger partial charge in [0.1, 0.15) is 0 Å². The van der Waals surface area contributed by atoms with Crippen molar-refractivity contribution in [1.29, 1.82) is 0 Å². The molecule has 1 atom stereocenters. The number of amides is 3. The molecule has 1 aromatic heterocycles. The van der Waals surface area contributed by atoms with E-state index in [1.165, 1.54) is 11.3 Å². The Balaban J connectivity index is 1.61. The molecule has 1 fully saturated rings. The minimum Gasteiger partial charge on any atom is -0.481 e. The Kier molecular flexibility index (Phi) is 5.52. The topological polar surface area (TPSA) is 98.7 Å². The second kappa shape index (κ2) is 8.01. The van der Waals surface area contributed by atoms with E-state index in [-0.39, 0.29) is 24.4 Å². The maximum atomic E-state index is 12.6. The molecule has 1 aliphatic rings. The van der Waals surface area contributed by atoms with Crippen molar-refractivity contribution in [3.8, 4) is 0 Å². The number of nitrogens with zero attached hydrogens (tertiary/aromatic N) is 1. The van der Waals surface area contributed by atoms with Gasteiger partial charge in [0.25, 0.3) is 5.91 Å². The normalized spacial score (nSPS) is 16.3. The molecule has 2 aromatic rings. The number of benzene rings is 1. The first-order valence-corrected chi connectivity index (χ1v) is 9.10. The number of hydrogen-bond acceptors (Lipinski definition) is 4. The molecule has 26 heavy (non-hydrogen) atoms. The zero-order valence-corrected chi connectivity index (χ0v) is 14.8. The summed E-state index contributed by atoms with van der Waals surface area (Å²) in [4.78, 5) is 37.7. The van der Waals surface area contributed by atoms with Gasteiger partial charge in [-0.25, -0.2) is 4.79 Å². The van der Waals surface area contributed by atoms with Gasteiger partial charge >= 0.3 is 12.0 Å². The lowest BCUT2D eigenvalue weighted by Crippen LogP contribution is -2.36. The van der Waals surface area contributed by atoms with Gasteiger partial charge in [-0.15, -0.1) is 11.3 Å². The third-order valence-electron chi connectivity index (χ3n) is 4.13. The minimum atomic E-state index is -0.902. The van der Waals surface area contributed by atoms with Gasteiger partial charge < -0.3 is 15.3 Å². The molecule has 1 aromatic carbocycles. The SMILES string of the molecule is O=C(O)CC1CCCN1C(=O)c1ccc(NC(=O)Nc2ccccc2)s1. The first kappa shape index (κ1) is 17.9. The average Bonchev–Trinajstić information content (AvgIpc) is 3.24. The van der Waals surface area contributed by atoms with Crippen molar-refractivity contribution in [2.75, 3.05) is 17.2 Å². The molecular weight excluding hydrogens is 354 g/mol. The van der Waals surface area contributed by atoms with Crippen molar-refractivity contribution in [2.24, 2.45) is 0 Å². The number of anilines is 2. The molecule has 0 bridgehead atoms. The monoisotopic (exact) mass is 373 g/mol. The van der Waals surface area contributed by atoms with Crippen LogP contribution in [0.15, 0.2) is 42.5 Å². The highest BCUT2D eigenvalue weighted by Gasteiger charge is 2.31. The maximum absolute atomic E-state index is 12.6. The molecule has 1 aliphatic heterocycles. The van der Waals surface area contributed by atoms with Gasteiger partial charge in [-0.05, 0) is 37.1 Å². The van der Waals surface area contributed by atoms with E-state index >= 15 is 0 Å². The Morgan fingerprint density at radius 2 is 1.88 bits per heavy atom. The number of thiophene rings is 1. The average molecular weight is 373 g/mol. The van der Waals surface area contributed by atoms with E-state index in [4.69, 9.17) is 5.11 Å². The van der Waals surface area contributed by atoms with E-state index in [0.717, 1.165) is 6.42 Å². The Hall–Kier alpha value is -2.87. The smallest absolute Gasteiger partial charge is 0.324 e. The fraction of sp³-hybridized carbons (Fsp3) is 0.278. The summed E-state index contributed by atoms with van der Waals surface area (Å²) in [6.07, 6.45) is 1.47. The standard InChI is InChI=1S/C18H19N3O4S/c22-16(23)11-13-7-4-10-21(13)17(24)14-8-9-15(26-14)20-18(25)19-12-5-2-1-3-6-12/h1-3,5-6,8-9,13H,4,7,10-11H2,(H,22,23)(H2,19,20,25). The lowest BCUT2D eigenvalue weighted by molar-refractivity contribution is -0.137. The number of likely N-dealkylation sites (tertiary alicyclic amines) is 1. The molecule has 1 saturated heterocycles. The summed E-state index contributed by atoms with van der Waals surface area (Å²) in [6.45, 7) is 0.561. The molecule has 8 heteroatoms. The number of nitrogens with one attached hydrogen (secondary N) is 2. The van der Waals surface area contributed by atoms with Crippen molar-refractivity contribution < 1.29 is 19.5 Å². The van der Waals surface area contributed by atoms with Gasteiger partial charge in [0, 0.05) is 18.3 Å². The van der Waals surface area contributed by atoms with Gasteiger partial charge in [0.05, 0.1) is 16.3 Å². The second-order valence-corrected chi connectivity index (χ2v) is 7.09. The second-order valence-electron chi connectivity index (χ2n) is 6.00. The van der Waals surface area contributed by atoms with Crippen LogP contribution in [-0.2, 0) is 4.79 Å². The molecule has 136 valence electrons. The highest BCUT2D eigenvalue weighted by Crippen LogP contribution is 2.28. The van der Waals surface area contributed by atoms with Gasteiger partial charge in [-0.3, -0.25) is 14.9 Å². The van der Waals surface area contributed by atoms with Crippen LogP contribution in [0.1, 0.15) is 28.9 Å². The molecular formula is C18H19N3O4S.